The number of hydrogen-bond donors (Lipinski definition) is 2. The van der Waals surface area contributed by atoms with Gasteiger partial charge in [-0.3, -0.25) is 0 Å². The highest BCUT2D eigenvalue weighted by Crippen LogP contribution is 2.36. The third kappa shape index (κ3) is 4.58. The number of esters is 1. The van der Waals surface area contributed by atoms with E-state index in [0.29, 0.717) is 16.4 Å². The summed E-state index contributed by atoms with van der Waals surface area (Å²) in [4.78, 5) is 16.7. The molecule has 1 aromatic heterocycles. The summed E-state index contributed by atoms with van der Waals surface area (Å²) < 4.78 is 10.6. The fourth-order valence-corrected chi connectivity index (χ4v) is 2.69. The van der Waals surface area contributed by atoms with Gasteiger partial charge in [0, 0.05) is 22.8 Å². The van der Waals surface area contributed by atoms with E-state index in [1.54, 1.807) is 19.1 Å². The van der Waals surface area contributed by atoms with E-state index in [-0.39, 0.29) is 29.0 Å². The number of aromatic nitrogens is 1. The molecular weight excluding hydrogens is 356 g/mol. The van der Waals surface area contributed by atoms with Gasteiger partial charge < -0.3 is 19.9 Å². The van der Waals surface area contributed by atoms with E-state index >= 15 is 0 Å². The van der Waals surface area contributed by atoms with Crippen LogP contribution in [0.4, 0.5) is 5.69 Å². The first-order chi connectivity index (χ1) is 12.4. The standard InChI is InChI=1S/C19H23ClN2O4/c1-5-13(6-2)22-14-9-11(3)21-18(17(14)19(24)25-4)26-16-8-7-12(20)10-15(16)23/h7-10,13,23H,5-6H2,1-4H3,(H,21,22). The maximum atomic E-state index is 12.4. The number of anilines is 1. The molecule has 7 heteroatoms. The molecule has 0 aliphatic carbocycles. The predicted octanol–water partition coefficient (Wildman–Crippen LogP) is 4.93. The predicted molar refractivity (Wildman–Crippen MR) is 101 cm³/mol. The molecule has 0 spiro atoms. The Hall–Kier alpha value is -2.47. The van der Waals surface area contributed by atoms with Gasteiger partial charge in [0.05, 0.1) is 12.8 Å². The summed E-state index contributed by atoms with van der Waals surface area (Å²) in [5.74, 6) is -0.519. The monoisotopic (exact) mass is 378 g/mol. The molecule has 0 unspecified atom stereocenters. The first-order valence-corrected chi connectivity index (χ1v) is 8.80. The molecule has 2 aromatic rings. The van der Waals surface area contributed by atoms with Gasteiger partial charge in [-0.25, -0.2) is 9.78 Å². The summed E-state index contributed by atoms with van der Waals surface area (Å²) in [5, 5.41) is 13.8. The van der Waals surface area contributed by atoms with Crippen molar-refractivity contribution in [2.24, 2.45) is 0 Å². The minimum absolute atomic E-state index is 0.0583. The number of aryl methyl sites for hydroxylation is 1. The van der Waals surface area contributed by atoms with Gasteiger partial charge in [-0.2, -0.15) is 0 Å². The van der Waals surface area contributed by atoms with Crippen molar-refractivity contribution in [3.8, 4) is 17.4 Å². The molecule has 0 aliphatic heterocycles. The molecule has 0 bridgehead atoms. The molecule has 0 aliphatic rings. The lowest BCUT2D eigenvalue weighted by Crippen LogP contribution is -2.20. The van der Waals surface area contributed by atoms with E-state index in [4.69, 9.17) is 21.1 Å². The van der Waals surface area contributed by atoms with Crippen molar-refractivity contribution < 1.29 is 19.4 Å². The van der Waals surface area contributed by atoms with Crippen molar-refractivity contribution in [1.29, 1.82) is 0 Å². The van der Waals surface area contributed by atoms with E-state index in [1.165, 1.54) is 19.2 Å². The average Bonchev–Trinajstić information content (AvgIpc) is 2.61. The Labute approximate surface area is 158 Å². The van der Waals surface area contributed by atoms with Gasteiger partial charge in [0.2, 0.25) is 5.88 Å². The van der Waals surface area contributed by atoms with Gasteiger partial charge in [0.15, 0.2) is 11.5 Å². The number of pyridine rings is 1. The molecule has 0 fully saturated rings. The largest absolute Gasteiger partial charge is 0.504 e. The number of aromatic hydroxyl groups is 1. The normalized spacial score (nSPS) is 10.7. The third-order valence-corrected chi connectivity index (χ3v) is 4.21. The van der Waals surface area contributed by atoms with Crippen molar-refractivity contribution in [3.63, 3.8) is 0 Å². The van der Waals surface area contributed by atoms with Crippen LogP contribution in [-0.2, 0) is 4.74 Å². The van der Waals surface area contributed by atoms with Gasteiger partial charge in [-0.05, 0) is 38.0 Å². The Morgan fingerprint density at radius 1 is 1.31 bits per heavy atom. The second-order valence-corrected chi connectivity index (χ2v) is 6.29. The van der Waals surface area contributed by atoms with Crippen LogP contribution in [0.2, 0.25) is 5.02 Å². The number of benzene rings is 1. The van der Waals surface area contributed by atoms with E-state index in [0.717, 1.165) is 12.8 Å². The highest BCUT2D eigenvalue weighted by molar-refractivity contribution is 6.30. The van der Waals surface area contributed by atoms with Crippen LogP contribution in [0, 0.1) is 6.92 Å². The summed E-state index contributed by atoms with van der Waals surface area (Å²) in [5.41, 5.74) is 1.43. The van der Waals surface area contributed by atoms with Gasteiger partial charge in [-0.15, -0.1) is 0 Å². The van der Waals surface area contributed by atoms with Crippen LogP contribution >= 0.6 is 11.6 Å². The molecule has 140 valence electrons. The highest BCUT2D eigenvalue weighted by Gasteiger charge is 2.23. The number of hydrogen-bond acceptors (Lipinski definition) is 6. The number of methoxy groups -OCH3 is 1. The Balaban J connectivity index is 2.52. The zero-order valence-electron chi connectivity index (χ0n) is 15.3. The van der Waals surface area contributed by atoms with Crippen LogP contribution in [-0.4, -0.2) is 29.2 Å². The van der Waals surface area contributed by atoms with E-state index in [9.17, 15) is 9.90 Å². The van der Waals surface area contributed by atoms with Crippen LogP contribution in [0.3, 0.4) is 0 Å². The SMILES string of the molecule is CCC(CC)Nc1cc(C)nc(Oc2ccc(Cl)cc2O)c1C(=O)OC. The molecule has 1 heterocycles. The zero-order chi connectivity index (χ0) is 19.3. The number of carbonyl (C=O) groups is 1. The molecule has 2 rings (SSSR count). The van der Waals surface area contributed by atoms with E-state index < -0.39 is 5.97 Å². The Morgan fingerprint density at radius 2 is 2.00 bits per heavy atom. The maximum absolute atomic E-state index is 12.4. The van der Waals surface area contributed by atoms with Crippen molar-refractivity contribution in [3.05, 3.63) is 40.5 Å². The lowest BCUT2D eigenvalue weighted by atomic mass is 10.1. The van der Waals surface area contributed by atoms with Gasteiger partial charge in [-0.1, -0.05) is 25.4 Å². The summed E-state index contributed by atoms with van der Waals surface area (Å²) in [6, 6.07) is 6.41. The zero-order valence-corrected chi connectivity index (χ0v) is 16.1. The molecule has 0 amide bonds. The number of nitrogens with one attached hydrogen (secondary N) is 1. The molecule has 0 atom stereocenters. The molecule has 1 aromatic carbocycles. The molecule has 2 N–H and O–H groups in total. The lowest BCUT2D eigenvalue weighted by molar-refractivity contribution is 0.0598. The van der Waals surface area contributed by atoms with Crippen LogP contribution in [0.25, 0.3) is 0 Å². The molecule has 0 saturated carbocycles. The smallest absolute Gasteiger partial charge is 0.345 e. The second-order valence-electron chi connectivity index (χ2n) is 5.85. The van der Waals surface area contributed by atoms with Crippen LogP contribution < -0.4 is 10.1 Å². The molecule has 0 saturated heterocycles. The molecular formula is C19H23ClN2O4. The van der Waals surface area contributed by atoms with E-state index in [1.807, 2.05) is 0 Å². The quantitative estimate of drug-likeness (QED) is 0.665. The first-order valence-electron chi connectivity index (χ1n) is 8.42. The number of rotatable bonds is 7. The summed E-state index contributed by atoms with van der Waals surface area (Å²) in [6.45, 7) is 5.93. The van der Waals surface area contributed by atoms with Gasteiger partial charge in [0.25, 0.3) is 0 Å². The number of halogens is 1. The van der Waals surface area contributed by atoms with Crippen molar-refractivity contribution in [2.75, 3.05) is 12.4 Å². The second kappa shape index (κ2) is 8.76. The Kier molecular flexibility index (Phi) is 6.69. The summed E-state index contributed by atoms with van der Waals surface area (Å²) in [7, 11) is 1.30. The first kappa shape index (κ1) is 19.8. The number of carbonyl (C=O) groups excluding carboxylic acids is 1. The fourth-order valence-electron chi connectivity index (χ4n) is 2.53. The minimum atomic E-state index is -0.575. The Morgan fingerprint density at radius 3 is 2.58 bits per heavy atom. The van der Waals surface area contributed by atoms with Gasteiger partial charge >= 0.3 is 5.97 Å². The molecule has 26 heavy (non-hydrogen) atoms. The van der Waals surface area contributed by atoms with Crippen LogP contribution in [0.1, 0.15) is 42.7 Å². The molecule has 6 nitrogen and oxygen atoms in total. The van der Waals surface area contributed by atoms with Crippen LogP contribution in [0.15, 0.2) is 24.3 Å². The van der Waals surface area contributed by atoms with Crippen molar-refractivity contribution in [1.82, 2.24) is 4.98 Å². The maximum Gasteiger partial charge on any atom is 0.345 e. The van der Waals surface area contributed by atoms with Gasteiger partial charge in [0.1, 0.15) is 5.56 Å². The fraction of sp³-hybridized carbons (Fsp3) is 0.368. The molecule has 0 radical (unpaired) electrons. The number of nitrogens with zero attached hydrogens (tertiary/aromatic N) is 1. The average molecular weight is 379 g/mol. The third-order valence-electron chi connectivity index (χ3n) is 3.98. The number of ether oxygens (including phenoxy) is 2. The number of phenols is 1. The minimum Gasteiger partial charge on any atom is -0.504 e. The number of phenolic OH excluding ortho intramolecular Hbond substituents is 1. The highest BCUT2D eigenvalue weighted by atomic mass is 35.5. The topological polar surface area (TPSA) is 80.7 Å². The van der Waals surface area contributed by atoms with E-state index in [2.05, 4.69) is 24.1 Å². The summed E-state index contributed by atoms with van der Waals surface area (Å²) >= 11 is 5.85. The Bertz CT molecular complexity index is 791. The van der Waals surface area contributed by atoms with Crippen LogP contribution in [0.5, 0.6) is 17.4 Å². The van der Waals surface area contributed by atoms with Crippen molar-refractivity contribution in [2.45, 2.75) is 39.7 Å². The lowest BCUT2D eigenvalue weighted by Gasteiger charge is -2.20. The van der Waals surface area contributed by atoms with Crippen molar-refractivity contribution >= 4 is 23.3 Å². The summed E-state index contributed by atoms with van der Waals surface area (Å²) in [6.07, 6.45) is 1.79.